The van der Waals surface area contributed by atoms with E-state index in [0.29, 0.717) is 27.7 Å². The molecule has 0 spiro atoms. The lowest BCUT2D eigenvalue weighted by Gasteiger charge is -2.05. The van der Waals surface area contributed by atoms with Gasteiger partial charge in [0.1, 0.15) is 11.5 Å². The van der Waals surface area contributed by atoms with Crippen molar-refractivity contribution >= 4 is 23.2 Å². The molecule has 116 valence electrons. The number of aromatic nitrogens is 2. The molecule has 1 amide bonds. The molecule has 2 aromatic carbocycles. The molecule has 0 saturated carbocycles. The van der Waals surface area contributed by atoms with Crippen LogP contribution in [0.4, 0.5) is 10.1 Å². The molecule has 1 aromatic heterocycles. The van der Waals surface area contributed by atoms with Crippen molar-refractivity contribution < 1.29 is 9.18 Å². The van der Waals surface area contributed by atoms with Crippen molar-refractivity contribution in [3.05, 3.63) is 70.6 Å². The summed E-state index contributed by atoms with van der Waals surface area (Å²) in [4.78, 5) is 12.2. The highest BCUT2D eigenvalue weighted by molar-refractivity contribution is 6.33. The molecule has 3 rings (SSSR count). The van der Waals surface area contributed by atoms with Crippen LogP contribution in [0.25, 0.3) is 11.3 Å². The molecule has 0 bridgehead atoms. The number of anilines is 1. The minimum atomic E-state index is -0.359. The lowest BCUT2D eigenvalue weighted by atomic mass is 10.1. The van der Waals surface area contributed by atoms with Gasteiger partial charge in [0, 0.05) is 11.3 Å². The second-order valence-corrected chi connectivity index (χ2v) is 5.47. The van der Waals surface area contributed by atoms with Gasteiger partial charge in [-0.2, -0.15) is 5.10 Å². The largest absolute Gasteiger partial charge is 0.321 e. The van der Waals surface area contributed by atoms with Gasteiger partial charge in [0.05, 0.1) is 10.7 Å². The molecular weight excluding hydrogens is 317 g/mol. The van der Waals surface area contributed by atoms with Crippen molar-refractivity contribution in [3.63, 3.8) is 0 Å². The predicted octanol–water partition coefficient (Wildman–Crippen LogP) is 4.43. The molecule has 23 heavy (non-hydrogen) atoms. The first-order valence-corrected chi connectivity index (χ1v) is 7.30. The average Bonchev–Trinajstić information content (AvgIpc) is 3.01. The first kappa shape index (κ1) is 15.2. The third-order valence-corrected chi connectivity index (χ3v) is 3.72. The lowest BCUT2D eigenvalue weighted by Crippen LogP contribution is -2.12. The summed E-state index contributed by atoms with van der Waals surface area (Å²) < 4.78 is 13.2. The summed E-state index contributed by atoms with van der Waals surface area (Å²) in [5.41, 5.74) is 2.59. The number of aryl methyl sites for hydroxylation is 1. The lowest BCUT2D eigenvalue weighted by molar-refractivity contribution is 0.102. The molecule has 0 aliphatic rings. The van der Waals surface area contributed by atoms with Crippen LogP contribution in [0.1, 0.15) is 16.1 Å². The van der Waals surface area contributed by atoms with Gasteiger partial charge >= 0.3 is 0 Å². The Balaban J connectivity index is 1.81. The molecule has 0 unspecified atom stereocenters. The Morgan fingerprint density at radius 1 is 1.22 bits per heavy atom. The quantitative estimate of drug-likeness (QED) is 0.746. The minimum absolute atomic E-state index is 0.293. The molecule has 2 N–H and O–H groups in total. The Kier molecular flexibility index (Phi) is 4.12. The van der Waals surface area contributed by atoms with Gasteiger partial charge in [-0.1, -0.05) is 29.8 Å². The average molecular weight is 330 g/mol. The number of rotatable bonds is 3. The van der Waals surface area contributed by atoms with Crippen LogP contribution >= 0.6 is 11.6 Å². The highest BCUT2D eigenvalue weighted by Crippen LogP contribution is 2.26. The summed E-state index contributed by atoms with van der Waals surface area (Å²) in [6, 6.07) is 13.3. The fraction of sp³-hybridized carbons (Fsp3) is 0.0588. The summed E-state index contributed by atoms with van der Waals surface area (Å²) in [6.45, 7) is 1.64. The second-order valence-electron chi connectivity index (χ2n) is 5.06. The molecule has 3 aromatic rings. The van der Waals surface area contributed by atoms with E-state index in [-0.39, 0.29) is 11.7 Å². The van der Waals surface area contributed by atoms with E-state index in [4.69, 9.17) is 11.6 Å². The third-order valence-electron chi connectivity index (χ3n) is 3.39. The van der Waals surface area contributed by atoms with Crippen molar-refractivity contribution in [2.24, 2.45) is 0 Å². The number of H-pyrrole nitrogens is 1. The highest BCUT2D eigenvalue weighted by atomic mass is 35.5. The van der Waals surface area contributed by atoms with Crippen molar-refractivity contribution in [2.75, 3.05) is 5.32 Å². The van der Waals surface area contributed by atoms with E-state index < -0.39 is 0 Å². The van der Waals surface area contributed by atoms with Crippen molar-refractivity contribution in [2.45, 2.75) is 6.92 Å². The molecule has 0 atom stereocenters. The standard InChI is InChI=1S/C17H13ClFN3O/c1-10-8-11(6-7-14(10)19)20-17(23)16-9-15(21-22-16)12-4-2-3-5-13(12)18/h2-9H,1H3,(H,20,23)(H,21,22). The number of carbonyl (C=O) groups is 1. The normalized spacial score (nSPS) is 10.6. The summed E-state index contributed by atoms with van der Waals surface area (Å²) >= 11 is 6.12. The van der Waals surface area contributed by atoms with Crippen molar-refractivity contribution in [1.82, 2.24) is 10.2 Å². The number of hydrogen-bond acceptors (Lipinski definition) is 2. The van der Waals surface area contributed by atoms with Crippen LogP contribution in [0.2, 0.25) is 5.02 Å². The van der Waals surface area contributed by atoms with Crippen LogP contribution in [0.15, 0.2) is 48.5 Å². The van der Waals surface area contributed by atoms with E-state index >= 15 is 0 Å². The van der Waals surface area contributed by atoms with Crippen LogP contribution in [0, 0.1) is 12.7 Å². The Morgan fingerprint density at radius 3 is 2.74 bits per heavy atom. The fourth-order valence-electron chi connectivity index (χ4n) is 2.17. The molecule has 4 nitrogen and oxygen atoms in total. The SMILES string of the molecule is Cc1cc(NC(=O)c2cc(-c3ccccc3Cl)n[nH]2)ccc1F. The van der Waals surface area contributed by atoms with E-state index in [9.17, 15) is 9.18 Å². The Morgan fingerprint density at radius 2 is 2.00 bits per heavy atom. The van der Waals surface area contributed by atoms with E-state index in [1.165, 1.54) is 12.1 Å². The van der Waals surface area contributed by atoms with Crippen LogP contribution in [-0.2, 0) is 0 Å². The summed E-state index contributed by atoms with van der Waals surface area (Å²) in [5.74, 6) is -0.674. The van der Waals surface area contributed by atoms with Gasteiger partial charge in [-0.05, 0) is 42.8 Å². The Hall–Kier alpha value is -2.66. The maximum Gasteiger partial charge on any atom is 0.273 e. The number of benzene rings is 2. The number of halogens is 2. The zero-order valence-electron chi connectivity index (χ0n) is 12.2. The topological polar surface area (TPSA) is 57.8 Å². The van der Waals surface area contributed by atoms with Gasteiger partial charge in [-0.25, -0.2) is 4.39 Å². The zero-order chi connectivity index (χ0) is 16.4. The number of amides is 1. The first-order valence-electron chi connectivity index (χ1n) is 6.92. The monoisotopic (exact) mass is 329 g/mol. The Labute approximate surface area is 137 Å². The maximum atomic E-state index is 13.2. The maximum absolute atomic E-state index is 13.2. The van der Waals surface area contributed by atoms with Gasteiger partial charge < -0.3 is 5.32 Å². The first-order chi connectivity index (χ1) is 11.0. The van der Waals surface area contributed by atoms with Crippen LogP contribution in [0.5, 0.6) is 0 Å². The fourth-order valence-corrected chi connectivity index (χ4v) is 2.40. The minimum Gasteiger partial charge on any atom is -0.321 e. The molecule has 1 heterocycles. The summed E-state index contributed by atoms with van der Waals surface area (Å²) in [7, 11) is 0. The van der Waals surface area contributed by atoms with Gasteiger partial charge in [-0.15, -0.1) is 0 Å². The second kappa shape index (κ2) is 6.22. The smallest absolute Gasteiger partial charge is 0.273 e. The number of carbonyl (C=O) groups excluding carboxylic acids is 1. The molecule has 0 radical (unpaired) electrons. The van der Waals surface area contributed by atoms with Gasteiger partial charge in [0.25, 0.3) is 5.91 Å². The van der Waals surface area contributed by atoms with E-state index in [1.807, 2.05) is 18.2 Å². The van der Waals surface area contributed by atoms with Crippen LogP contribution in [-0.4, -0.2) is 16.1 Å². The number of aromatic amines is 1. The van der Waals surface area contributed by atoms with E-state index in [1.54, 1.807) is 25.1 Å². The van der Waals surface area contributed by atoms with Crippen LogP contribution in [0.3, 0.4) is 0 Å². The van der Waals surface area contributed by atoms with Crippen molar-refractivity contribution in [1.29, 1.82) is 0 Å². The van der Waals surface area contributed by atoms with Crippen LogP contribution < -0.4 is 5.32 Å². The number of nitrogens with one attached hydrogen (secondary N) is 2. The summed E-state index contributed by atoms with van der Waals surface area (Å²) in [6.07, 6.45) is 0. The molecule has 0 aliphatic carbocycles. The molecule has 0 aliphatic heterocycles. The van der Waals surface area contributed by atoms with Gasteiger partial charge in [0.2, 0.25) is 0 Å². The Bertz CT molecular complexity index is 876. The molecule has 0 fully saturated rings. The highest BCUT2D eigenvalue weighted by Gasteiger charge is 2.13. The number of nitrogens with zero attached hydrogens (tertiary/aromatic N) is 1. The summed E-state index contributed by atoms with van der Waals surface area (Å²) in [5, 5.41) is 10.0. The number of hydrogen-bond donors (Lipinski definition) is 2. The molecular formula is C17H13ClFN3O. The predicted molar refractivity (Wildman–Crippen MR) is 88.1 cm³/mol. The molecule has 6 heteroatoms. The van der Waals surface area contributed by atoms with Crippen molar-refractivity contribution in [3.8, 4) is 11.3 Å². The van der Waals surface area contributed by atoms with E-state index in [2.05, 4.69) is 15.5 Å². The third kappa shape index (κ3) is 3.24. The van der Waals surface area contributed by atoms with Gasteiger partial charge in [0.15, 0.2) is 0 Å². The van der Waals surface area contributed by atoms with Gasteiger partial charge in [-0.3, -0.25) is 9.89 Å². The molecule has 0 saturated heterocycles. The zero-order valence-corrected chi connectivity index (χ0v) is 13.0. The van der Waals surface area contributed by atoms with E-state index in [0.717, 1.165) is 5.56 Å².